The summed E-state index contributed by atoms with van der Waals surface area (Å²) in [7, 11) is 0. The van der Waals surface area contributed by atoms with Gasteiger partial charge in [0.15, 0.2) is 0 Å². The lowest BCUT2D eigenvalue weighted by Crippen LogP contribution is -2.52. The Bertz CT molecular complexity index is 870. The van der Waals surface area contributed by atoms with Crippen LogP contribution in [-0.4, -0.2) is 41.2 Å². The molecule has 1 aromatic carbocycles. The van der Waals surface area contributed by atoms with Crippen molar-refractivity contribution < 1.29 is 14.4 Å². The maximum absolute atomic E-state index is 12.8. The van der Waals surface area contributed by atoms with Gasteiger partial charge < -0.3 is 16.0 Å². The minimum atomic E-state index is -0.557. The van der Waals surface area contributed by atoms with E-state index in [4.69, 9.17) is 5.73 Å². The zero-order valence-electron chi connectivity index (χ0n) is 16.5. The Labute approximate surface area is 170 Å². The first kappa shape index (κ1) is 18.8. The number of carbonyl (C=O) groups is 3. The summed E-state index contributed by atoms with van der Waals surface area (Å²) < 4.78 is 0. The van der Waals surface area contributed by atoms with Crippen molar-refractivity contribution in [3.05, 3.63) is 34.9 Å². The van der Waals surface area contributed by atoms with Gasteiger partial charge in [0, 0.05) is 31.1 Å². The summed E-state index contributed by atoms with van der Waals surface area (Å²) in [6.45, 7) is 2.04. The largest absolute Gasteiger partial charge is 0.330 e. The molecule has 4 N–H and O–H groups in total. The third-order valence-electron chi connectivity index (χ3n) is 7.46. The Hall–Kier alpha value is -2.25. The van der Waals surface area contributed by atoms with E-state index in [0.29, 0.717) is 30.5 Å². The van der Waals surface area contributed by atoms with Crippen LogP contribution in [0.1, 0.15) is 53.6 Å². The number of hydrogen-bond acceptors (Lipinski definition) is 5. The quantitative estimate of drug-likeness (QED) is 0.642. The lowest BCUT2D eigenvalue weighted by Gasteiger charge is -2.29. The molecule has 1 aromatic rings. The fourth-order valence-corrected chi connectivity index (χ4v) is 5.92. The Morgan fingerprint density at radius 1 is 1.14 bits per heavy atom. The molecule has 2 saturated carbocycles. The predicted octanol–water partition coefficient (Wildman–Crippen LogP) is 0.911. The number of amides is 3. The molecule has 0 radical (unpaired) electrons. The molecule has 3 amide bonds. The van der Waals surface area contributed by atoms with Crippen molar-refractivity contribution in [3.63, 3.8) is 0 Å². The Morgan fingerprint density at radius 3 is 2.72 bits per heavy atom. The number of nitrogens with two attached hydrogens (primary N) is 1. The van der Waals surface area contributed by atoms with Gasteiger partial charge in [0.2, 0.25) is 11.8 Å². The number of carbonyl (C=O) groups excluding carboxylic acids is 3. The predicted molar refractivity (Wildman–Crippen MR) is 106 cm³/mol. The van der Waals surface area contributed by atoms with Gasteiger partial charge in [-0.05, 0) is 67.2 Å². The molecule has 154 valence electrons. The van der Waals surface area contributed by atoms with Crippen molar-refractivity contribution in [2.75, 3.05) is 6.54 Å². The highest BCUT2D eigenvalue weighted by atomic mass is 16.2. The van der Waals surface area contributed by atoms with Gasteiger partial charge in [0.05, 0.1) is 0 Å². The van der Waals surface area contributed by atoms with Gasteiger partial charge in [0.25, 0.3) is 5.91 Å². The molecule has 0 aromatic heterocycles. The molecule has 2 aliphatic carbocycles. The van der Waals surface area contributed by atoms with E-state index in [-0.39, 0.29) is 24.1 Å². The highest BCUT2D eigenvalue weighted by Gasteiger charge is 2.45. The van der Waals surface area contributed by atoms with Crippen molar-refractivity contribution >= 4 is 17.7 Å². The molecule has 5 rings (SSSR count). The molecule has 2 aliphatic heterocycles. The van der Waals surface area contributed by atoms with Crippen molar-refractivity contribution in [1.82, 2.24) is 15.5 Å². The molecule has 0 spiro atoms. The topological polar surface area (TPSA) is 105 Å². The molecule has 5 unspecified atom stereocenters. The highest BCUT2D eigenvalue weighted by Crippen LogP contribution is 2.48. The van der Waals surface area contributed by atoms with Gasteiger partial charge in [-0.2, -0.15) is 0 Å². The Balaban J connectivity index is 1.22. The van der Waals surface area contributed by atoms with Gasteiger partial charge in [-0.3, -0.25) is 19.7 Å². The summed E-state index contributed by atoms with van der Waals surface area (Å²) in [4.78, 5) is 37.9. The van der Waals surface area contributed by atoms with Crippen LogP contribution < -0.4 is 16.4 Å². The molecule has 2 bridgehead atoms. The van der Waals surface area contributed by atoms with E-state index >= 15 is 0 Å². The van der Waals surface area contributed by atoms with Gasteiger partial charge >= 0.3 is 0 Å². The monoisotopic (exact) mass is 396 g/mol. The zero-order valence-corrected chi connectivity index (χ0v) is 16.5. The van der Waals surface area contributed by atoms with Crippen LogP contribution in [0.2, 0.25) is 0 Å². The molecule has 29 heavy (non-hydrogen) atoms. The average Bonchev–Trinajstić information content (AvgIpc) is 3.39. The molecule has 4 aliphatic rings. The Morgan fingerprint density at radius 2 is 2.00 bits per heavy atom. The van der Waals surface area contributed by atoms with Gasteiger partial charge in [-0.25, -0.2) is 0 Å². The first-order chi connectivity index (χ1) is 14.0. The van der Waals surface area contributed by atoms with Crippen molar-refractivity contribution in [2.45, 2.75) is 57.3 Å². The molecule has 2 heterocycles. The lowest BCUT2D eigenvalue weighted by molar-refractivity contribution is -0.136. The van der Waals surface area contributed by atoms with Crippen LogP contribution in [0.25, 0.3) is 0 Å². The van der Waals surface area contributed by atoms with E-state index in [1.807, 2.05) is 12.1 Å². The van der Waals surface area contributed by atoms with Crippen LogP contribution in [0.5, 0.6) is 0 Å². The summed E-state index contributed by atoms with van der Waals surface area (Å²) in [5.41, 5.74) is 8.69. The number of piperidine rings is 1. The number of nitrogens with zero attached hydrogens (tertiary/aromatic N) is 1. The number of imide groups is 1. The summed E-state index contributed by atoms with van der Waals surface area (Å²) in [5, 5.41) is 6.07. The van der Waals surface area contributed by atoms with E-state index in [9.17, 15) is 14.4 Å². The molecule has 7 heteroatoms. The third kappa shape index (κ3) is 3.26. The number of benzene rings is 1. The van der Waals surface area contributed by atoms with Crippen LogP contribution in [0.15, 0.2) is 18.2 Å². The van der Waals surface area contributed by atoms with Crippen LogP contribution in [-0.2, 0) is 22.7 Å². The fourth-order valence-electron chi connectivity index (χ4n) is 5.92. The average molecular weight is 396 g/mol. The first-order valence-electron chi connectivity index (χ1n) is 10.7. The standard InChI is InChI=1S/C22H28N4O3/c23-9-15-7-14-6-13(15)8-18(14)24-10-12-1-2-17-16(5-12)11-26(22(17)29)19-3-4-20(27)25-21(19)28/h1-2,5,13-15,18-19,24H,3-4,6-11,23H2,(H,25,27,28). The number of fused-ring (bicyclic) bond motifs is 3. The Kier molecular flexibility index (Phi) is 4.67. The molecular formula is C22H28N4O3. The van der Waals surface area contributed by atoms with Crippen LogP contribution in [0.3, 0.4) is 0 Å². The summed E-state index contributed by atoms with van der Waals surface area (Å²) in [5.74, 6) is 1.49. The van der Waals surface area contributed by atoms with Gasteiger partial charge in [-0.1, -0.05) is 12.1 Å². The smallest absolute Gasteiger partial charge is 0.255 e. The maximum atomic E-state index is 12.8. The van der Waals surface area contributed by atoms with E-state index in [0.717, 1.165) is 30.5 Å². The van der Waals surface area contributed by atoms with Crippen molar-refractivity contribution in [3.8, 4) is 0 Å². The normalized spacial score (nSPS) is 33.3. The van der Waals surface area contributed by atoms with Gasteiger partial charge in [-0.15, -0.1) is 0 Å². The van der Waals surface area contributed by atoms with Crippen LogP contribution >= 0.6 is 0 Å². The van der Waals surface area contributed by atoms with E-state index in [1.54, 1.807) is 4.90 Å². The first-order valence-corrected chi connectivity index (χ1v) is 10.7. The van der Waals surface area contributed by atoms with Gasteiger partial charge in [0.1, 0.15) is 6.04 Å². The molecule has 1 saturated heterocycles. The summed E-state index contributed by atoms with van der Waals surface area (Å²) in [6, 6.07) is 5.98. The van der Waals surface area contributed by atoms with E-state index in [2.05, 4.69) is 16.7 Å². The van der Waals surface area contributed by atoms with Crippen molar-refractivity contribution in [2.24, 2.45) is 23.5 Å². The maximum Gasteiger partial charge on any atom is 0.255 e. The number of rotatable bonds is 5. The van der Waals surface area contributed by atoms with Crippen molar-refractivity contribution in [1.29, 1.82) is 0 Å². The molecule has 3 fully saturated rings. The highest BCUT2D eigenvalue weighted by molar-refractivity contribution is 6.05. The third-order valence-corrected chi connectivity index (χ3v) is 7.46. The SMILES string of the molecule is NCC1CC2CC1CC2NCc1ccc2c(c1)CN(C1CCC(=O)NC1=O)C2=O. The molecular weight excluding hydrogens is 368 g/mol. The number of nitrogens with one attached hydrogen (secondary N) is 2. The van der Waals surface area contributed by atoms with Crippen LogP contribution in [0.4, 0.5) is 0 Å². The summed E-state index contributed by atoms with van der Waals surface area (Å²) >= 11 is 0. The second kappa shape index (κ2) is 7.22. The second-order valence-corrected chi connectivity index (χ2v) is 9.10. The molecule has 7 nitrogen and oxygen atoms in total. The number of hydrogen-bond donors (Lipinski definition) is 3. The second-order valence-electron chi connectivity index (χ2n) is 9.10. The summed E-state index contributed by atoms with van der Waals surface area (Å²) in [6.07, 6.45) is 4.45. The minimum absolute atomic E-state index is 0.116. The van der Waals surface area contributed by atoms with E-state index in [1.165, 1.54) is 24.8 Å². The van der Waals surface area contributed by atoms with E-state index < -0.39 is 6.04 Å². The lowest BCUT2D eigenvalue weighted by atomic mass is 9.86. The minimum Gasteiger partial charge on any atom is -0.330 e. The molecule has 5 atom stereocenters. The fraction of sp³-hybridized carbons (Fsp3) is 0.591. The van der Waals surface area contributed by atoms with Crippen LogP contribution in [0, 0.1) is 17.8 Å². The zero-order chi connectivity index (χ0) is 20.1.